The third-order valence-electron chi connectivity index (χ3n) is 6.23. The number of nitrogens with zero attached hydrogens (tertiary/aromatic N) is 3. The fourth-order valence-electron chi connectivity index (χ4n) is 4.46. The van der Waals surface area contributed by atoms with Gasteiger partial charge in [0.2, 0.25) is 0 Å². The molecular formula is C22H23F6N3O2S. The molecule has 1 amide bonds. The van der Waals surface area contributed by atoms with Gasteiger partial charge in [0.15, 0.2) is 0 Å². The molecule has 1 atom stereocenters. The highest BCUT2D eigenvalue weighted by Gasteiger charge is 2.38. The fourth-order valence-corrected chi connectivity index (χ4v) is 5.31. The summed E-state index contributed by atoms with van der Waals surface area (Å²) >= 11 is 1.03. The zero-order valence-corrected chi connectivity index (χ0v) is 18.8. The van der Waals surface area contributed by atoms with Crippen molar-refractivity contribution < 1.29 is 36.2 Å². The number of likely N-dealkylation sites (tertiary alicyclic amines) is 2. The SMILES string of the molecule is O=C1N=C(N2CCC(O)C2)/C(=C/C2CCN(Cc3ccc(C(F)(F)F)cc3C(F)(F)F)CC2)S1. The number of thioether (sulfide) groups is 1. The van der Waals surface area contributed by atoms with Crippen LogP contribution in [0.25, 0.3) is 0 Å². The molecule has 0 aromatic heterocycles. The van der Waals surface area contributed by atoms with Crippen molar-refractivity contribution in [2.24, 2.45) is 10.9 Å². The summed E-state index contributed by atoms with van der Waals surface area (Å²) in [5.74, 6) is 0.658. The van der Waals surface area contributed by atoms with Gasteiger partial charge in [0.1, 0.15) is 5.84 Å². The number of benzene rings is 1. The standard InChI is InChI=1S/C22H23F6N3O2S/c23-21(24,25)15-2-1-14(17(10-15)22(26,27)28)11-30-6-3-13(4-7-30)9-18-19(29-20(33)34-18)31-8-5-16(32)12-31/h1-2,9-10,13,16,32H,3-8,11-12H2/b18-9-. The Labute approximate surface area is 196 Å². The van der Waals surface area contributed by atoms with Gasteiger partial charge in [0.25, 0.3) is 0 Å². The van der Waals surface area contributed by atoms with Crippen LogP contribution in [-0.4, -0.2) is 58.3 Å². The average molecular weight is 508 g/mol. The van der Waals surface area contributed by atoms with Gasteiger partial charge in [-0.3, -0.25) is 9.69 Å². The summed E-state index contributed by atoms with van der Waals surface area (Å²) in [6.45, 7) is 1.87. The first kappa shape index (κ1) is 25.1. The van der Waals surface area contributed by atoms with E-state index in [9.17, 15) is 36.2 Å². The normalized spacial score (nSPS) is 24.4. The Morgan fingerprint density at radius 3 is 2.35 bits per heavy atom. The van der Waals surface area contributed by atoms with Crippen LogP contribution in [0.5, 0.6) is 0 Å². The van der Waals surface area contributed by atoms with Gasteiger partial charge in [-0.2, -0.15) is 31.3 Å². The van der Waals surface area contributed by atoms with Crippen molar-refractivity contribution in [3.63, 3.8) is 0 Å². The van der Waals surface area contributed by atoms with E-state index in [4.69, 9.17) is 0 Å². The number of piperidine rings is 1. The van der Waals surface area contributed by atoms with E-state index < -0.39 is 29.6 Å². The van der Waals surface area contributed by atoms with Gasteiger partial charge in [-0.15, -0.1) is 0 Å². The first-order chi connectivity index (χ1) is 15.9. The van der Waals surface area contributed by atoms with Crippen LogP contribution in [0.3, 0.4) is 0 Å². The Morgan fingerprint density at radius 2 is 1.76 bits per heavy atom. The molecule has 0 radical (unpaired) electrons. The molecule has 3 aliphatic heterocycles. The summed E-state index contributed by atoms with van der Waals surface area (Å²) in [7, 11) is 0. The van der Waals surface area contributed by atoms with Gasteiger partial charge in [0, 0.05) is 19.6 Å². The van der Waals surface area contributed by atoms with Crippen LogP contribution in [0.15, 0.2) is 34.2 Å². The van der Waals surface area contributed by atoms with Crippen molar-refractivity contribution in [2.45, 2.75) is 44.3 Å². The molecule has 1 aromatic rings. The molecule has 1 N–H and O–H groups in total. The molecule has 0 bridgehead atoms. The Hall–Kier alpha value is -2.05. The summed E-state index contributed by atoms with van der Waals surface area (Å²) in [6.07, 6.45) is -6.35. The number of carbonyl (C=O) groups is 1. The van der Waals surface area contributed by atoms with E-state index in [-0.39, 0.29) is 29.3 Å². The number of hydrogen-bond acceptors (Lipinski definition) is 5. The van der Waals surface area contributed by atoms with Crippen LogP contribution in [0.1, 0.15) is 36.0 Å². The van der Waals surface area contributed by atoms with Crippen LogP contribution >= 0.6 is 11.8 Å². The van der Waals surface area contributed by atoms with Crippen LogP contribution in [0.4, 0.5) is 31.1 Å². The van der Waals surface area contributed by atoms with E-state index in [1.165, 1.54) is 0 Å². The number of rotatable bonds is 3. The molecule has 2 fully saturated rings. The van der Waals surface area contributed by atoms with Crippen molar-refractivity contribution in [1.82, 2.24) is 9.80 Å². The molecule has 2 saturated heterocycles. The lowest BCUT2D eigenvalue weighted by Crippen LogP contribution is -2.34. The molecule has 3 aliphatic rings. The Balaban J connectivity index is 1.41. The summed E-state index contributed by atoms with van der Waals surface area (Å²) in [5.41, 5.74) is -2.77. The summed E-state index contributed by atoms with van der Waals surface area (Å²) < 4.78 is 79.0. The van der Waals surface area contributed by atoms with Crippen LogP contribution in [0, 0.1) is 5.92 Å². The fraction of sp³-hybridized carbons (Fsp3) is 0.545. The predicted octanol–water partition coefficient (Wildman–Crippen LogP) is 5.15. The Bertz CT molecular complexity index is 999. The second kappa shape index (κ2) is 9.54. The number of hydrogen-bond donors (Lipinski definition) is 1. The maximum Gasteiger partial charge on any atom is 0.416 e. The lowest BCUT2D eigenvalue weighted by atomic mass is 9.95. The molecule has 34 heavy (non-hydrogen) atoms. The zero-order valence-electron chi connectivity index (χ0n) is 18.0. The number of halogens is 6. The van der Waals surface area contributed by atoms with Gasteiger partial charge in [-0.25, -0.2) is 0 Å². The molecule has 12 heteroatoms. The number of aliphatic hydroxyl groups excluding tert-OH is 1. The lowest BCUT2D eigenvalue weighted by molar-refractivity contribution is -0.143. The van der Waals surface area contributed by atoms with Crippen molar-refractivity contribution in [3.05, 3.63) is 45.9 Å². The number of aliphatic imine (C=N–C) groups is 1. The van der Waals surface area contributed by atoms with Crippen molar-refractivity contribution in [1.29, 1.82) is 0 Å². The summed E-state index contributed by atoms with van der Waals surface area (Å²) in [5, 5.41) is 9.45. The molecular weight excluding hydrogens is 484 g/mol. The van der Waals surface area contributed by atoms with Gasteiger partial charge >= 0.3 is 17.6 Å². The maximum absolute atomic E-state index is 13.4. The van der Waals surface area contributed by atoms with E-state index in [1.54, 1.807) is 4.90 Å². The summed E-state index contributed by atoms with van der Waals surface area (Å²) in [4.78, 5) is 20.4. The minimum atomic E-state index is -4.88. The third-order valence-corrected chi connectivity index (χ3v) is 7.04. The lowest BCUT2D eigenvalue weighted by Gasteiger charge is -2.32. The van der Waals surface area contributed by atoms with Crippen molar-refractivity contribution in [2.75, 3.05) is 26.2 Å². The van der Waals surface area contributed by atoms with E-state index >= 15 is 0 Å². The second-order valence-corrected chi connectivity index (χ2v) is 9.70. The number of carbonyl (C=O) groups excluding carboxylic acids is 1. The number of alkyl halides is 6. The smallest absolute Gasteiger partial charge is 0.391 e. The maximum atomic E-state index is 13.4. The van der Waals surface area contributed by atoms with Crippen molar-refractivity contribution in [3.8, 4) is 0 Å². The van der Waals surface area contributed by atoms with Gasteiger partial charge in [0.05, 0.1) is 22.1 Å². The Kier molecular flexibility index (Phi) is 7.03. The molecule has 1 unspecified atom stereocenters. The quantitative estimate of drug-likeness (QED) is 0.574. The minimum absolute atomic E-state index is 0.0945. The third kappa shape index (κ3) is 5.77. The molecule has 5 nitrogen and oxygen atoms in total. The second-order valence-electron chi connectivity index (χ2n) is 8.70. The monoisotopic (exact) mass is 507 g/mol. The number of allylic oxidation sites excluding steroid dienone is 1. The van der Waals surface area contributed by atoms with Crippen LogP contribution in [0.2, 0.25) is 0 Å². The molecule has 4 rings (SSSR count). The van der Waals surface area contributed by atoms with E-state index in [2.05, 4.69) is 4.99 Å². The van der Waals surface area contributed by atoms with E-state index in [1.807, 2.05) is 11.0 Å². The van der Waals surface area contributed by atoms with Gasteiger partial charge in [-0.1, -0.05) is 12.1 Å². The highest BCUT2D eigenvalue weighted by atomic mass is 32.2. The predicted molar refractivity (Wildman–Crippen MR) is 115 cm³/mol. The van der Waals surface area contributed by atoms with Gasteiger partial charge in [-0.05, 0) is 67.7 Å². The molecule has 0 spiro atoms. The minimum Gasteiger partial charge on any atom is -0.391 e. The molecule has 0 saturated carbocycles. The first-order valence-corrected chi connectivity index (χ1v) is 11.7. The van der Waals surface area contributed by atoms with E-state index in [0.717, 1.165) is 22.7 Å². The molecule has 3 heterocycles. The largest absolute Gasteiger partial charge is 0.416 e. The van der Waals surface area contributed by atoms with Crippen LogP contribution in [-0.2, 0) is 18.9 Å². The number of amides is 1. The van der Waals surface area contributed by atoms with Crippen LogP contribution < -0.4 is 0 Å². The number of amidine groups is 1. The average Bonchev–Trinajstić information content (AvgIpc) is 3.33. The molecule has 0 aliphatic carbocycles. The zero-order chi connectivity index (χ0) is 24.7. The van der Waals surface area contributed by atoms with E-state index in [0.29, 0.717) is 57.3 Å². The number of β-amino-alcohol motifs (C(OH)–C–C–N with tert-alkyl or cyclic N) is 1. The summed E-state index contributed by atoms with van der Waals surface area (Å²) in [6, 6.07) is 1.77. The first-order valence-electron chi connectivity index (χ1n) is 10.9. The molecule has 1 aromatic carbocycles. The Morgan fingerprint density at radius 1 is 1.06 bits per heavy atom. The highest BCUT2D eigenvalue weighted by Crippen LogP contribution is 2.38. The van der Waals surface area contributed by atoms with Gasteiger partial charge < -0.3 is 10.0 Å². The van der Waals surface area contributed by atoms with Crippen molar-refractivity contribution >= 4 is 22.8 Å². The topological polar surface area (TPSA) is 56.1 Å². The highest BCUT2D eigenvalue weighted by molar-refractivity contribution is 8.18. The molecule has 186 valence electrons. The number of aliphatic hydroxyl groups is 1.